The van der Waals surface area contributed by atoms with Crippen LogP contribution < -0.4 is 5.32 Å². The topological polar surface area (TPSA) is 102 Å². The zero-order chi connectivity index (χ0) is 20.4. The Morgan fingerprint density at radius 2 is 1.86 bits per heavy atom. The Hall–Kier alpha value is -3.16. The van der Waals surface area contributed by atoms with Gasteiger partial charge < -0.3 is 14.9 Å². The standard InChI is InChI=1S/C21H22N2O6/c24-18-9-10-19(25)23(18)29-20(26)11-22-21(27)28-12-17-15-7-3-1-5-13(15)14-6-2-4-8-16(14)17/h1-3,5-7,13,15,17H,4,8-12H2,(H,22,27). The monoisotopic (exact) mass is 398 g/mol. The number of alkyl carbamates (subject to hydrolysis) is 1. The molecule has 1 heterocycles. The van der Waals surface area contributed by atoms with Crippen molar-refractivity contribution in [3.63, 3.8) is 0 Å². The van der Waals surface area contributed by atoms with Crippen LogP contribution in [0.5, 0.6) is 0 Å². The van der Waals surface area contributed by atoms with Gasteiger partial charge >= 0.3 is 12.1 Å². The van der Waals surface area contributed by atoms with Crippen LogP contribution in [0, 0.1) is 17.8 Å². The van der Waals surface area contributed by atoms with E-state index >= 15 is 0 Å². The molecule has 0 radical (unpaired) electrons. The van der Waals surface area contributed by atoms with Gasteiger partial charge in [-0.1, -0.05) is 42.0 Å². The quantitative estimate of drug-likeness (QED) is 0.711. The number of allylic oxidation sites excluding steroid dienone is 7. The van der Waals surface area contributed by atoms with Gasteiger partial charge in [-0.3, -0.25) is 9.59 Å². The first-order chi connectivity index (χ1) is 14.0. The lowest BCUT2D eigenvalue weighted by Crippen LogP contribution is -2.38. The molecule has 0 aromatic carbocycles. The Balaban J connectivity index is 1.28. The van der Waals surface area contributed by atoms with Gasteiger partial charge in [0.05, 0.1) is 0 Å². The summed E-state index contributed by atoms with van der Waals surface area (Å²) in [5, 5.41) is 2.75. The average Bonchev–Trinajstić information content (AvgIpc) is 3.22. The number of carbonyl (C=O) groups is 4. The van der Waals surface area contributed by atoms with Crippen LogP contribution in [0.15, 0.2) is 47.6 Å². The van der Waals surface area contributed by atoms with E-state index in [0.29, 0.717) is 11.0 Å². The number of hydrogen-bond acceptors (Lipinski definition) is 6. The van der Waals surface area contributed by atoms with Crippen LogP contribution in [0.25, 0.3) is 0 Å². The van der Waals surface area contributed by atoms with Gasteiger partial charge in [-0.05, 0) is 24.3 Å². The third-order valence-electron chi connectivity index (χ3n) is 5.67. The predicted molar refractivity (Wildman–Crippen MR) is 101 cm³/mol. The van der Waals surface area contributed by atoms with Crippen molar-refractivity contribution in [1.29, 1.82) is 0 Å². The highest BCUT2D eigenvalue weighted by Crippen LogP contribution is 2.48. The van der Waals surface area contributed by atoms with Gasteiger partial charge in [-0.2, -0.15) is 0 Å². The minimum Gasteiger partial charge on any atom is -0.449 e. The molecule has 0 saturated carbocycles. The maximum absolute atomic E-state index is 12.0. The van der Waals surface area contributed by atoms with Crippen LogP contribution in [0.4, 0.5) is 4.79 Å². The maximum Gasteiger partial charge on any atom is 0.407 e. The second kappa shape index (κ2) is 8.06. The van der Waals surface area contributed by atoms with Gasteiger partial charge in [0.25, 0.3) is 11.8 Å². The molecule has 1 fully saturated rings. The highest BCUT2D eigenvalue weighted by molar-refractivity contribution is 6.01. The van der Waals surface area contributed by atoms with Crippen LogP contribution in [0.2, 0.25) is 0 Å². The van der Waals surface area contributed by atoms with E-state index in [4.69, 9.17) is 9.57 Å². The summed E-state index contributed by atoms with van der Waals surface area (Å²) >= 11 is 0. The molecule has 4 aliphatic rings. The summed E-state index contributed by atoms with van der Waals surface area (Å²) in [5.74, 6) is -1.36. The molecule has 8 nitrogen and oxygen atoms in total. The van der Waals surface area contributed by atoms with E-state index in [2.05, 4.69) is 29.6 Å². The largest absolute Gasteiger partial charge is 0.449 e. The number of rotatable bonds is 5. The van der Waals surface area contributed by atoms with Crippen molar-refractivity contribution in [2.45, 2.75) is 25.7 Å². The van der Waals surface area contributed by atoms with E-state index in [0.717, 1.165) is 12.8 Å². The lowest BCUT2D eigenvalue weighted by atomic mass is 9.83. The Bertz CT molecular complexity index is 852. The van der Waals surface area contributed by atoms with Gasteiger partial charge in [0, 0.05) is 24.7 Å². The van der Waals surface area contributed by atoms with Crippen LogP contribution >= 0.6 is 0 Å². The molecular weight excluding hydrogens is 376 g/mol. The zero-order valence-electron chi connectivity index (χ0n) is 15.8. The molecule has 3 amide bonds. The Morgan fingerprint density at radius 3 is 2.66 bits per heavy atom. The fourth-order valence-corrected chi connectivity index (χ4v) is 4.34. The number of nitrogens with zero attached hydrogens (tertiary/aromatic N) is 1. The molecule has 8 heteroatoms. The number of ether oxygens (including phenoxy) is 1. The van der Waals surface area contributed by atoms with E-state index in [1.54, 1.807) is 0 Å². The molecule has 3 unspecified atom stereocenters. The average molecular weight is 398 g/mol. The van der Waals surface area contributed by atoms with Gasteiger partial charge in [0.15, 0.2) is 0 Å². The van der Waals surface area contributed by atoms with Crippen LogP contribution in [-0.2, 0) is 24.0 Å². The predicted octanol–water partition coefficient (Wildman–Crippen LogP) is 1.95. The molecule has 1 aliphatic heterocycles. The summed E-state index contributed by atoms with van der Waals surface area (Å²) in [5.41, 5.74) is 2.65. The number of nitrogens with one attached hydrogen (secondary N) is 1. The molecule has 152 valence electrons. The Morgan fingerprint density at radius 1 is 1.10 bits per heavy atom. The third-order valence-corrected chi connectivity index (χ3v) is 5.67. The second-order valence-electron chi connectivity index (χ2n) is 7.40. The molecule has 1 saturated heterocycles. The Labute approximate surface area is 167 Å². The van der Waals surface area contributed by atoms with Crippen molar-refractivity contribution in [2.75, 3.05) is 13.2 Å². The second-order valence-corrected chi connectivity index (χ2v) is 7.40. The summed E-state index contributed by atoms with van der Waals surface area (Å²) in [6.45, 7) is -0.276. The zero-order valence-corrected chi connectivity index (χ0v) is 15.8. The third kappa shape index (κ3) is 3.87. The van der Waals surface area contributed by atoms with E-state index in [-0.39, 0.29) is 31.3 Å². The summed E-state index contributed by atoms with van der Waals surface area (Å²) in [4.78, 5) is 51.4. The fraction of sp³-hybridized carbons (Fsp3) is 0.429. The van der Waals surface area contributed by atoms with Crippen molar-refractivity contribution in [2.24, 2.45) is 17.8 Å². The summed E-state index contributed by atoms with van der Waals surface area (Å²) < 4.78 is 5.37. The number of hydrogen-bond donors (Lipinski definition) is 1. The minimum absolute atomic E-state index is 0.0157. The van der Waals surface area contributed by atoms with Crippen LogP contribution in [0.1, 0.15) is 25.7 Å². The van der Waals surface area contributed by atoms with E-state index in [1.165, 1.54) is 11.1 Å². The summed E-state index contributed by atoms with van der Waals surface area (Å²) in [6, 6.07) is 0. The van der Waals surface area contributed by atoms with Crippen molar-refractivity contribution in [3.05, 3.63) is 47.6 Å². The maximum atomic E-state index is 12.0. The fourth-order valence-electron chi connectivity index (χ4n) is 4.34. The lowest BCUT2D eigenvalue weighted by Gasteiger charge is -2.24. The van der Waals surface area contributed by atoms with Crippen molar-refractivity contribution in [3.8, 4) is 0 Å². The van der Waals surface area contributed by atoms with E-state index in [9.17, 15) is 19.2 Å². The Kier molecular flexibility index (Phi) is 5.33. The minimum atomic E-state index is -0.908. The summed E-state index contributed by atoms with van der Waals surface area (Å²) in [6.07, 6.45) is 14.0. The molecule has 29 heavy (non-hydrogen) atoms. The number of carbonyl (C=O) groups excluding carboxylic acids is 4. The molecule has 0 bridgehead atoms. The van der Waals surface area contributed by atoms with Gasteiger partial charge in [0.2, 0.25) is 0 Å². The molecule has 1 N–H and O–H groups in total. The number of imide groups is 1. The molecule has 4 rings (SSSR count). The van der Waals surface area contributed by atoms with Crippen molar-refractivity contribution >= 4 is 23.9 Å². The van der Waals surface area contributed by atoms with E-state index < -0.39 is 30.4 Å². The normalized spacial score (nSPS) is 27.2. The van der Waals surface area contributed by atoms with E-state index in [1.807, 2.05) is 12.2 Å². The molecule has 3 aliphatic carbocycles. The summed E-state index contributed by atoms with van der Waals surface area (Å²) in [7, 11) is 0. The molecule has 0 spiro atoms. The van der Waals surface area contributed by atoms with Crippen molar-refractivity contribution in [1.82, 2.24) is 10.4 Å². The van der Waals surface area contributed by atoms with Crippen LogP contribution in [0.3, 0.4) is 0 Å². The van der Waals surface area contributed by atoms with Gasteiger partial charge in [0.1, 0.15) is 13.2 Å². The molecule has 3 atom stereocenters. The smallest absolute Gasteiger partial charge is 0.407 e. The van der Waals surface area contributed by atoms with Crippen LogP contribution in [-0.4, -0.2) is 42.1 Å². The van der Waals surface area contributed by atoms with Crippen molar-refractivity contribution < 1.29 is 28.8 Å². The lowest BCUT2D eigenvalue weighted by molar-refractivity contribution is -0.196. The van der Waals surface area contributed by atoms with Gasteiger partial charge in [-0.25, -0.2) is 9.59 Å². The molecule has 0 aromatic rings. The number of amides is 3. The van der Waals surface area contributed by atoms with Gasteiger partial charge in [-0.15, -0.1) is 5.06 Å². The first kappa shape index (κ1) is 19.2. The molecular formula is C21H22N2O6. The highest BCUT2D eigenvalue weighted by atomic mass is 16.7. The molecule has 0 aromatic heterocycles. The first-order valence-electron chi connectivity index (χ1n) is 9.76. The highest BCUT2D eigenvalue weighted by Gasteiger charge is 2.40. The first-order valence-corrected chi connectivity index (χ1v) is 9.76. The SMILES string of the molecule is O=C(CNC(=O)OCC1C2=C(C=CCC2)C2C=CC=CC21)ON1C(=O)CCC1=O. The number of fused-ring (bicyclic) bond motifs is 2. The number of hydroxylamine groups is 2.